The molecular weight excluding hydrogens is 442 g/mol. The predicted octanol–water partition coefficient (Wildman–Crippen LogP) is 4.58. The number of nitrogens with one attached hydrogen (secondary N) is 1. The second-order valence-corrected chi connectivity index (χ2v) is 9.54. The van der Waals surface area contributed by atoms with Crippen LogP contribution in [0.15, 0.2) is 46.9 Å². The molecule has 2 amide bonds. The minimum Gasteiger partial charge on any atom is -0.355 e. The van der Waals surface area contributed by atoms with E-state index in [0.717, 1.165) is 44.3 Å². The lowest BCUT2D eigenvalue weighted by atomic mass is 9.80. The minimum absolute atomic E-state index is 0.0491. The van der Waals surface area contributed by atoms with Crippen molar-refractivity contribution in [2.24, 2.45) is 5.92 Å². The first-order valence-corrected chi connectivity index (χ1v) is 11.1. The second kappa shape index (κ2) is 6.71. The molecule has 1 atom stereocenters. The standard InChI is InChI=1S/C24H24BrN3O2/c1-14(2)13-27-21-9-8-16(25)12-19(21)24(23(27)30)22-18(10-11-28(24)15(3)29)17-6-4-5-7-20(17)26-22/h4-9,12,14,26H,10-11,13H2,1-3H3. The van der Waals surface area contributed by atoms with Crippen LogP contribution in [0.1, 0.15) is 37.6 Å². The third-order valence-corrected chi connectivity index (χ3v) is 6.78. The first-order valence-electron chi connectivity index (χ1n) is 10.4. The second-order valence-electron chi connectivity index (χ2n) is 8.63. The molecule has 2 aliphatic heterocycles. The van der Waals surface area contributed by atoms with Gasteiger partial charge in [0.1, 0.15) is 0 Å². The SMILES string of the molecule is CC(=O)N1CCc2c([nH]c3ccccc23)C12C(=O)N(CC(C)C)c1ccc(Br)cc12. The molecule has 3 aromatic rings. The molecular formula is C24H24BrN3O2. The fourth-order valence-corrected chi connectivity index (χ4v) is 5.55. The number of aromatic nitrogens is 1. The lowest BCUT2D eigenvalue weighted by Crippen LogP contribution is -2.59. The molecule has 0 saturated carbocycles. The van der Waals surface area contributed by atoms with Gasteiger partial charge in [-0.1, -0.05) is 48.0 Å². The summed E-state index contributed by atoms with van der Waals surface area (Å²) in [5.74, 6) is 0.161. The summed E-state index contributed by atoms with van der Waals surface area (Å²) in [6.07, 6.45) is 0.724. The third kappa shape index (κ3) is 2.46. The molecule has 0 saturated heterocycles. The maximum absolute atomic E-state index is 14.2. The molecule has 6 heteroatoms. The predicted molar refractivity (Wildman–Crippen MR) is 122 cm³/mol. The Morgan fingerprint density at radius 1 is 1.23 bits per heavy atom. The van der Waals surface area contributed by atoms with Crippen LogP contribution in [-0.2, 0) is 21.5 Å². The largest absolute Gasteiger partial charge is 0.355 e. The van der Waals surface area contributed by atoms with Gasteiger partial charge in [-0.2, -0.15) is 0 Å². The number of H-pyrrole nitrogens is 1. The molecule has 1 aromatic heterocycles. The Hall–Kier alpha value is -2.60. The fourth-order valence-electron chi connectivity index (χ4n) is 5.19. The summed E-state index contributed by atoms with van der Waals surface area (Å²) < 4.78 is 0.895. The van der Waals surface area contributed by atoms with Crippen LogP contribution in [0, 0.1) is 5.92 Å². The first-order chi connectivity index (χ1) is 14.4. The van der Waals surface area contributed by atoms with E-state index < -0.39 is 5.54 Å². The lowest BCUT2D eigenvalue weighted by molar-refractivity contribution is -0.143. The molecule has 0 aliphatic carbocycles. The van der Waals surface area contributed by atoms with Gasteiger partial charge in [-0.3, -0.25) is 9.59 Å². The number of hydrogen-bond donors (Lipinski definition) is 1. The van der Waals surface area contributed by atoms with Gasteiger partial charge in [0.15, 0.2) is 5.54 Å². The van der Waals surface area contributed by atoms with Crippen LogP contribution >= 0.6 is 15.9 Å². The number of carbonyl (C=O) groups is 2. The van der Waals surface area contributed by atoms with Crippen LogP contribution in [-0.4, -0.2) is 34.8 Å². The summed E-state index contributed by atoms with van der Waals surface area (Å²) >= 11 is 3.59. The Morgan fingerprint density at radius 2 is 2.00 bits per heavy atom. The summed E-state index contributed by atoms with van der Waals surface area (Å²) in [4.78, 5) is 34.3. The fraction of sp³-hybridized carbons (Fsp3) is 0.333. The lowest BCUT2D eigenvalue weighted by Gasteiger charge is -2.43. The van der Waals surface area contributed by atoms with Gasteiger partial charge in [-0.15, -0.1) is 0 Å². The van der Waals surface area contributed by atoms with Crippen LogP contribution in [0.5, 0.6) is 0 Å². The average molecular weight is 466 g/mol. The smallest absolute Gasteiger partial charge is 0.264 e. The Morgan fingerprint density at radius 3 is 2.73 bits per heavy atom. The zero-order valence-corrected chi connectivity index (χ0v) is 18.9. The number of para-hydroxylation sites is 1. The highest BCUT2D eigenvalue weighted by Gasteiger charge is 2.60. The third-order valence-electron chi connectivity index (χ3n) is 6.29. The maximum Gasteiger partial charge on any atom is 0.264 e. The molecule has 30 heavy (non-hydrogen) atoms. The van der Waals surface area contributed by atoms with Crippen molar-refractivity contribution in [1.82, 2.24) is 9.88 Å². The van der Waals surface area contributed by atoms with Crippen LogP contribution in [0.2, 0.25) is 0 Å². The Labute approximate surface area is 184 Å². The summed E-state index contributed by atoms with van der Waals surface area (Å²) in [5, 5.41) is 1.13. The van der Waals surface area contributed by atoms with Crippen molar-refractivity contribution >= 4 is 44.3 Å². The molecule has 1 N–H and O–H groups in total. The van der Waals surface area contributed by atoms with Crippen molar-refractivity contribution in [3.63, 3.8) is 0 Å². The Bertz CT molecular complexity index is 1200. The summed E-state index contributed by atoms with van der Waals surface area (Å²) in [6.45, 7) is 6.89. The van der Waals surface area contributed by atoms with Gasteiger partial charge in [-0.05, 0) is 42.2 Å². The van der Waals surface area contributed by atoms with Gasteiger partial charge < -0.3 is 14.8 Å². The monoisotopic (exact) mass is 465 g/mol. The topological polar surface area (TPSA) is 56.4 Å². The summed E-state index contributed by atoms with van der Waals surface area (Å²) in [6, 6.07) is 14.1. The van der Waals surface area contributed by atoms with E-state index in [9.17, 15) is 9.59 Å². The van der Waals surface area contributed by atoms with Crippen molar-refractivity contribution in [3.05, 3.63) is 63.8 Å². The van der Waals surface area contributed by atoms with Gasteiger partial charge in [-0.25, -0.2) is 0 Å². The molecule has 0 radical (unpaired) electrons. The average Bonchev–Trinajstić information content (AvgIpc) is 3.18. The highest BCUT2D eigenvalue weighted by atomic mass is 79.9. The summed E-state index contributed by atoms with van der Waals surface area (Å²) in [7, 11) is 0. The molecule has 5 rings (SSSR count). The van der Waals surface area contributed by atoms with E-state index in [-0.39, 0.29) is 11.8 Å². The van der Waals surface area contributed by atoms with Crippen molar-refractivity contribution in [2.45, 2.75) is 32.7 Å². The number of carbonyl (C=O) groups excluding carboxylic acids is 2. The number of halogens is 1. The van der Waals surface area contributed by atoms with Crippen LogP contribution in [0.4, 0.5) is 5.69 Å². The number of hydrogen-bond acceptors (Lipinski definition) is 2. The van der Waals surface area contributed by atoms with Crippen molar-refractivity contribution < 1.29 is 9.59 Å². The number of amides is 2. The highest BCUT2D eigenvalue weighted by molar-refractivity contribution is 9.10. The molecule has 2 aromatic carbocycles. The van der Waals surface area contributed by atoms with Crippen LogP contribution in [0.3, 0.4) is 0 Å². The number of rotatable bonds is 2. The number of nitrogens with zero attached hydrogens (tertiary/aromatic N) is 2. The van der Waals surface area contributed by atoms with Crippen molar-refractivity contribution in [3.8, 4) is 0 Å². The molecule has 1 spiro atoms. The minimum atomic E-state index is -1.16. The van der Waals surface area contributed by atoms with Gasteiger partial charge in [0, 0.05) is 41.0 Å². The van der Waals surface area contributed by atoms with E-state index >= 15 is 0 Å². The summed E-state index contributed by atoms with van der Waals surface area (Å²) in [5.41, 5.74) is 3.56. The van der Waals surface area contributed by atoms with E-state index in [4.69, 9.17) is 0 Å². The number of anilines is 1. The van der Waals surface area contributed by atoms with Gasteiger partial charge in [0.25, 0.3) is 5.91 Å². The number of fused-ring (bicyclic) bond motifs is 6. The van der Waals surface area contributed by atoms with E-state index in [0.29, 0.717) is 19.0 Å². The molecule has 0 fully saturated rings. The molecule has 5 nitrogen and oxygen atoms in total. The molecule has 1 unspecified atom stereocenters. The van der Waals surface area contributed by atoms with E-state index in [1.54, 1.807) is 11.8 Å². The maximum atomic E-state index is 14.2. The van der Waals surface area contributed by atoms with Crippen LogP contribution in [0.25, 0.3) is 10.9 Å². The van der Waals surface area contributed by atoms with Crippen molar-refractivity contribution in [1.29, 1.82) is 0 Å². The molecule has 0 bridgehead atoms. The highest BCUT2D eigenvalue weighted by Crippen LogP contribution is 2.52. The normalized spacial score (nSPS) is 20.4. The van der Waals surface area contributed by atoms with E-state index in [2.05, 4.69) is 40.8 Å². The Kier molecular flexibility index (Phi) is 4.33. The van der Waals surface area contributed by atoms with Gasteiger partial charge in [0.2, 0.25) is 5.91 Å². The van der Waals surface area contributed by atoms with Crippen LogP contribution < -0.4 is 4.90 Å². The molecule has 154 valence electrons. The zero-order valence-electron chi connectivity index (χ0n) is 17.3. The molecule has 2 aliphatic rings. The van der Waals surface area contributed by atoms with Crippen molar-refractivity contribution in [2.75, 3.05) is 18.0 Å². The van der Waals surface area contributed by atoms with E-state index in [1.165, 1.54) is 0 Å². The van der Waals surface area contributed by atoms with Gasteiger partial charge >= 0.3 is 0 Å². The Balaban J connectivity index is 1.88. The van der Waals surface area contributed by atoms with Gasteiger partial charge in [0.05, 0.1) is 11.4 Å². The quantitative estimate of drug-likeness (QED) is 0.601. The molecule has 3 heterocycles. The number of benzene rings is 2. The number of aromatic amines is 1. The zero-order chi connectivity index (χ0) is 21.2. The first kappa shape index (κ1) is 19.4. The van der Waals surface area contributed by atoms with E-state index in [1.807, 2.05) is 41.3 Å².